The van der Waals surface area contributed by atoms with Gasteiger partial charge in [0.2, 0.25) is 5.91 Å². The molecule has 1 rings (SSSR count). The van der Waals surface area contributed by atoms with Gasteiger partial charge in [-0.05, 0) is 19.4 Å². The van der Waals surface area contributed by atoms with Gasteiger partial charge in [-0.25, -0.2) is 0 Å². The third kappa shape index (κ3) is 3.35. The molecule has 0 aromatic heterocycles. The Morgan fingerprint density at radius 3 is 2.85 bits per heavy atom. The van der Waals surface area contributed by atoms with Gasteiger partial charge in [-0.1, -0.05) is 13.8 Å². The molecule has 1 saturated heterocycles. The van der Waals surface area contributed by atoms with Crippen LogP contribution in [0, 0.1) is 0 Å². The first-order valence-electron chi connectivity index (χ1n) is 5.28. The zero-order chi connectivity index (χ0) is 9.68. The van der Waals surface area contributed by atoms with Crippen molar-refractivity contribution in [2.24, 2.45) is 0 Å². The molecule has 1 atom stereocenters. The van der Waals surface area contributed by atoms with Gasteiger partial charge in [0.1, 0.15) is 0 Å². The molecule has 0 saturated carbocycles. The summed E-state index contributed by atoms with van der Waals surface area (Å²) in [6, 6.07) is 0.402. The predicted molar refractivity (Wildman–Crippen MR) is 53.6 cm³/mol. The fraction of sp³-hybridized carbons (Fsp3) is 0.900. The molecule has 0 aromatic carbocycles. The molecule has 1 fully saturated rings. The van der Waals surface area contributed by atoms with Crippen LogP contribution in [-0.4, -0.2) is 36.5 Å². The van der Waals surface area contributed by atoms with Gasteiger partial charge in [-0.2, -0.15) is 0 Å². The lowest BCUT2D eigenvalue weighted by molar-refractivity contribution is -0.121. The van der Waals surface area contributed by atoms with Crippen molar-refractivity contribution >= 4 is 5.91 Å². The summed E-state index contributed by atoms with van der Waals surface area (Å²) in [5.41, 5.74) is 0. The largest absolute Gasteiger partial charge is 0.352 e. The number of rotatable bonds is 4. The van der Waals surface area contributed by atoms with Crippen molar-refractivity contribution in [1.29, 1.82) is 0 Å². The summed E-state index contributed by atoms with van der Waals surface area (Å²) in [7, 11) is 0. The van der Waals surface area contributed by atoms with Crippen molar-refractivity contribution in [3.63, 3.8) is 0 Å². The molecule has 76 valence electrons. The summed E-state index contributed by atoms with van der Waals surface area (Å²) in [6.07, 6.45) is 2.72. The zero-order valence-corrected chi connectivity index (χ0v) is 8.68. The normalized spacial score (nSPS) is 23.4. The fourth-order valence-corrected chi connectivity index (χ4v) is 1.76. The number of hydrogen-bond acceptors (Lipinski definition) is 2. The van der Waals surface area contributed by atoms with E-state index >= 15 is 0 Å². The Hall–Kier alpha value is -0.570. The van der Waals surface area contributed by atoms with Gasteiger partial charge in [0.25, 0.3) is 0 Å². The second-order valence-corrected chi connectivity index (χ2v) is 3.70. The lowest BCUT2D eigenvalue weighted by Crippen LogP contribution is -2.36. The van der Waals surface area contributed by atoms with Crippen LogP contribution in [0.15, 0.2) is 0 Å². The Balaban J connectivity index is 2.19. The quantitative estimate of drug-likeness (QED) is 0.707. The van der Waals surface area contributed by atoms with E-state index in [1.165, 1.54) is 0 Å². The number of carbonyl (C=O) groups excluding carboxylic acids is 1. The Morgan fingerprint density at radius 1 is 1.54 bits per heavy atom. The number of likely N-dealkylation sites (N-methyl/N-ethyl adjacent to an activating group) is 1. The minimum absolute atomic E-state index is 0.213. The van der Waals surface area contributed by atoms with Crippen LogP contribution in [0.4, 0.5) is 0 Å². The van der Waals surface area contributed by atoms with Crippen LogP contribution in [0.1, 0.15) is 33.1 Å². The summed E-state index contributed by atoms with van der Waals surface area (Å²) in [6.45, 7) is 7.46. The summed E-state index contributed by atoms with van der Waals surface area (Å²) < 4.78 is 0. The fourth-order valence-electron chi connectivity index (χ4n) is 1.76. The molecular weight excluding hydrogens is 164 g/mol. The van der Waals surface area contributed by atoms with E-state index in [1.54, 1.807) is 0 Å². The maximum absolute atomic E-state index is 11.3. The smallest absolute Gasteiger partial charge is 0.220 e. The molecule has 0 spiro atoms. The van der Waals surface area contributed by atoms with Gasteiger partial charge in [0.15, 0.2) is 0 Å². The molecule has 1 aliphatic rings. The molecule has 0 aliphatic carbocycles. The maximum atomic E-state index is 11.3. The van der Waals surface area contributed by atoms with Crippen molar-refractivity contribution in [2.45, 2.75) is 39.2 Å². The van der Waals surface area contributed by atoms with Crippen LogP contribution in [0.5, 0.6) is 0 Å². The maximum Gasteiger partial charge on any atom is 0.220 e. The van der Waals surface area contributed by atoms with E-state index in [0.717, 1.165) is 32.5 Å². The van der Waals surface area contributed by atoms with Gasteiger partial charge in [-0.15, -0.1) is 0 Å². The lowest BCUT2D eigenvalue weighted by atomic mass is 10.2. The van der Waals surface area contributed by atoms with Crippen LogP contribution >= 0.6 is 0 Å². The minimum Gasteiger partial charge on any atom is -0.352 e. The highest BCUT2D eigenvalue weighted by Gasteiger charge is 2.21. The van der Waals surface area contributed by atoms with Crippen molar-refractivity contribution < 1.29 is 4.79 Å². The summed E-state index contributed by atoms with van der Waals surface area (Å²) in [4.78, 5) is 13.6. The van der Waals surface area contributed by atoms with E-state index < -0.39 is 0 Å². The van der Waals surface area contributed by atoms with E-state index in [-0.39, 0.29) is 5.91 Å². The summed E-state index contributed by atoms with van der Waals surface area (Å²) >= 11 is 0. The molecular formula is C10H20N2O. The minimum atomic E-state index is 0.213. The van der Waals surface area contributed by atoms with Crippen molar-refractivity contribution in [1.82, 2.24) is 10.2 Å². The molecule has 0 aromatic rings. The van der Waals surface area contributed by atoms with Crippen LogP contribution in [0.3, 0.4) is 0 Å². The monoisotopic (exact) mass is 184 g/mol. The molecule has 3 heteroatoms. The zero-order valence-electron chi connectivity index (χ0n) is 8.68. The number of amides is 1. The molecule has 1 N–H and O–H groups in total. The molecule has 1 heterocycles. The van der Waals surface area contributed by atoms with Crippen LogP contribution in [0.25, 0.3) is 0 Å². The van der Waals surface area contributed by atoms with Crippen LogP contribution in [-0.2, 0) is 4.79 Å². The highest BCUT2D eigenvalue weighted by Crippen LogP contribution is 2.08. The third-order valence-electron chi connectivity index (χ3n) is 2.56. The van der Waals surface area contributed by atoms with Crippen molar-refractivity contribution in [2.75, 3.05) is 19.6 Å². The first-order chi connectivity index (χ1) is 6.26. The number of nitrogens with one attached hydrogen (secondary N) is 1. The van der Waals surface area contributed by atoms with E-state index in [1.807, 2.05) is 6.92 Å². The second-order valence-electron chi connectivity index (χ2n) is 3.70. The number of hydrogen-bond donors (Lipinski definition) is 1. The Kier molecular flexibility index (Phi) is 4.22. The van der Waals surface area contributed by atoms with Gasteiger partial charge < -0.3 is 10.2 Å². The molecule has 1 amide bonds. The topological polar surface area (TPSA) is 32.3 Å². The van der Waals surface area contributed by atoms with Gasteiger partial charge in [0.05, 0.1) is 0 Å². The van der Waals surface area contributed by atoms with E-state index in [9.17, 15) is 4.79 Å². The van der Waals surface area contributed by atoms with Gasteiger partial charge >= 0.3 is 0 Å². The van der Waals surface area contributed by atoms with Crippen molar-refractivity contribution in [3.05, 3.63) is 0 Å². The molecule has 0 bridgehead atoms. The second kappa shape index (κ2) is 5.22. The van der Waals surface area contributed by atoms with E-state index in [0.29, 0.717) is 12.5 Å². The first-order valence-corrected chi connectivity index (χ1v) is 5.28. The van der Waals surface area contributed by atoms with Crippen LogP contribution in [0.2, 0.25) is 0 Å². The Bertz CT molecular complexity index is 170. The van der Waals surface area contributed by atoms with Gasteiger partial charge in [-0.3, -0.25) is 4.79 Å². The highest BCUT2D eigenvalue weighted by atomic mass is 16.1. The van der Waals surface area contributed by atoms with Crippen LogP contribution < -0.4 is 5.32 Å². The molecule has 1 aliphatic heterocycles. The molecule has 1 unspecified atom stereocenters. The standard InChI is InChI=1S/C10H20N2O/c1-3-5-10(13)11-9-6-7-12(4-2)8-9/h9H,3-8H2,1-2H3,(H,11,13). The first kappa shape index (κ1) is 10.5. The number of likely N-dealkylation sites (tertiary alicyclic amines) is 1. The van der Waals surface area contributed by atoms with Gasteiger partial charge in [0, 0.05) is 25.6 Å². The molecule has 13 heavy (non-hydrogen) atoms. The van der Waals surface area contributed by atoms with Crippen molar-refractivity contribution in [3.8, 4) is 0 Å². The summed E-state index contributed by atoms with van der Waals surface area (Å²) in [5.74, 6) is 0.213. The number of nitrogens with zero attached hydrogens (tertiary/aromatic N) is 1. The molecule has 3 nitrogen and oxygen atoms in total. The third-order valence-corrected chi connectivity index (χ3v) is 2.56. The average molecular weight is 184 g/mol. The Labute approximate surface area is 80.5 Å². The SMILES string of the molecule is CCCC(=O)NC1CCN(CC)C1. The lowest BCUT2D eigenvalue weighted by Gasteiger charge is -2.14. The molecule has 0 radical (unpaired) electrons. The Morgan fingerprint density at radius 2 is 2.31 bits per heavy atom. The van der Waals surface area contributed by atoms with E-state index in [2.05, 4.69) is 17.1 Å². The average Bonchev–Trinajstić information content (AvgIpc) is 2.52. The summed E-state index contributed by atoms with van der Waals surface area (Å²) in [5, 5.41) is 3.06. The highest BCUT2D eigenvalue weighted by molar-refractivity contribution is 5.76. The number of carbonyl (C=O) groups is 1. The predicted octanol–water partition coefficient (Wildman–Crippen LogP) is 0.997. The van der Waals surface area contributed by atoms with E-state index in [4.69, 9.17) is 0 Å².